The average molecular weight is 392 g/mol. The second-order valence-corrected chi connectivity index (χ2v) is 5.51. The molecule has 4 nitrogen and oxygen atoms in total. The van der Waals surface area contributed by atoms with Crippen LogP contribution in [0.15, 0.2) is 28.7 Å². The van der Waals surface area contributed by atoms with Crippen LogP contribution in [0.25, 0.3) is 0 Å². The number of ether oxygens (including phenoxy) is 2. The molecular weight excluding hydrogens is 381 g/mol. The first-order valence-corrected chi connectivity index (χ1v) is 7.25. The van der Waals surface area contributed by atoms with Gasteiger partial charge < -0.3 is 19.2 Å². The summed E-state index contributed by atoms with van der Waals surface area (Å²) in [6, 6.07) is 7.47. The Kier molecular flexibility index (Phi) is 3.74. The summed E-state index contributed by atoms with van der Waals surface area (Å²) in [7, 11) is 0. The Bertz CT molecular complexity index is 600. The first-order chi connectivity index (χ1) is 9.22. The molecule has 1 aromatic carbocycles. The van der Waals surface area contributed by atoms with Gasteiger partial charge in [0.15, 0.2) is 15.3 Å². The molecule has 19 heavy (non-hydrogen) atoms. The molecule has 6 heteroatoms. The van der Waals surface area contributed by atoms with E-state index in [1.165, 1.54) is 0 Å². The fourth-order valence-corrected chi connectivity index (χ4v) is 2.51. The molecule has 0 saturated heterocycles. The summed E-state index contributed by atoms with van der Waals surface area (Å²) in [5.74, 6) is 2.26. The van der Waals surface area contributed by atoms with Crippen LogP contribution in [0.4, 0.5) is 5.69 Å². The van der Waals surface area contributed by atoms with Gasteiger partial charge in [0, 0.05) is 12.1 Å². The number of furan rings is 1. The van der Waals surface area contributed by atoms with Crippen LogP contribution in [0.5, 0.6) is 11.5 Å². The molecule has 3 rings (SSSR count). The van der Waals surface area contributed by atoms with E-state index in [1.807, 2.05) is 18.2 Å². The lowest BCUT2D eigenvalue weighted by atomic mass is 10.2. The van der Waals surface area contributed by atoms with Gasteiger partial charge in [-0.25, -0.2) is 0 Å². The summed E-state index contributed by atoms with van der Waals surface area (Å²) < 4.78 is 17.3. The van der Waals surface area contributed by atoms with Crippen molar-refractivity contribution in [2.75, 3.05) is 18.5 Å². The highest BCUT2D eigenvalue weighted by Crippen LogP contribution is 2.38. The van der Waals surface area contributed by atoms with Crippen molar-refractivity contribution in [3.05, 3.63) is 38.8 Å². The second-order valence-electron chi connectivity index (χ2n) is 4.04. The van der Waals surface area contributed by atoms with Gasteiger partial charge in [-0.05, 0) is 34.7 Å². The fraction of sp³-hybridized carbons (Fsp3) is 0.231. The van der Waals surface area contributed by atoms with E-state index in [1.54, 1.807) is 6.07 Å². The number of benzene rings is 1. The van der Waals surface area contributed by atoms with Crippen molar-refractivity contribution in [2.45, 2.75) is 6.54 Å². The lowest BCUT2D eigenvalue weighted by molar-refractivity contribution is 0.171. The van der Waals surface area contributed by atoms with Gasteiger partial charge in [0.1, 0.15) is 19.0 Å². The van der Waals surface area contributed by atoms with Crippen molar-refractivity contribution in [1.82, 2.24) is 0 Å². The fourth-order valence-electron chi connectivity index (χ4n) is 1.83. The average Bonchev–Trinajstić information content (AvgIpc) is 2.82. The normalized spacial score (nSPS) is 13.4. The van der Waals surface area contributed by atoms with Crippen molar-refractivity contribution in [3.8, 4) is 11.5 Å². The van der Waals surface area contributed by atoms with Gasteiger partial charge in [-0.15, -0.1) is 0 Å². The summed E-state index contributed by atoms with van der Waals surface area (Å²) in [4.78, 5) is 0. The zero-order valence-corrected chi connectivity index (χ0v) is 12.8. The van der Waals surface area contributed by atoms with Crippen molar-refractivity contribution >= 4 is 39.9 Å². The molecule has 0 bridgehead atoms. The van der Waals surface area contributed by atoms with Gasteiger partial charge in [0.05, 0.1) is 17.3 Å². The molecule has 0 saturated carbocycles. The molecule has 1 aliphatic heterocycles. The second kappa shape index (κ2) is 5.50. The minimum absolute atomic E-state index is 0.556. The van der Waals surface area contributed by atoms with Gasteiger partial charge in [0.2, 0.25) is 0 Å². The Morgan fingerprint density at radius 1 is 1.16 bits per heavy atom. The number of hydrogen-bond acceptors (Lipinski definition) is 4. The van der Waals surface area contributed by atoms with E-state index in [9.17, 15) is 0 Å². The summed E-state index contributed by atoms with van der Waals surface area (Å²) in [6.45, 7) is 1.69. The summed E-state index contributed by atoms with van der Waals surface area (Å²) >= 11 is 8.34. The molecule has 1 aliphatic rings. The Labute approximate surface area is 129 Å². The van der Waals surface area contributed by atoms with E-state index in [-0.39, 0.29) is 0 Å². The molecule has 0 radical (unpaired) electrons. The monoisotopic (exact) mass is 391 g/mol. The largest absolute Gasteiger partial charge is 0.486 e. The quantitative estimate of drug-likeness (QED) is 0.806. The molecule has 2 aromatic rings. The van der Waals surface area contributed by atoms with Crippen molar-refractivity contribution in [1.29, 1.82) is 0 Å². The highest BCUT2D eigenvalue weighted by Gasteiger charge is 2.15. The predicted octanol–water partition coefficient (Wildman–Crippen LogP) is 3.92. The standard InChI is InChI=1S/C13H11ClINO3/c14-9-5-11-12(18-4-3-17-11)6-10(9)16-7-8-1-2-13(15)19-8/h1-2,5-6,16H,3-4,7H2. The van der Waals surface area contributed by atoms with Crippen molar-refractivity contribution < 1.29 is 13.9 Å². The summed E-state index contributed by atoms with van der Waals surface area (Å²) in [5.41, 5.74) is 0.803. The van der Waals surface area contributed by atoms with Gasteiger partial charge >= 0.3 is 0 Å². The van der Waals surface area contributed by atoms with Crippen LogP contribution in [-0.2, 0) is 6.54 Å². The third kappa shape index (κ3) is 2.92. The first-order valence-electron chi connectivity index (χ1n) is 5.79. The number of nitrogens with one attached hydrogen (secondary N) is 1. The van der Waals surface area contributed by atoms with Gasteiger partial charge in [0.25, 0.3) is 0 Å². The minimum atomic E-state index is 0.556. The molecular formula is C13H11ClINO3. The number of anilines is 1. The smallest absolute Gasteiger partial charge is 0.164 e. The molecule has 0 atom stereocenters. The summed E-state index contributed by atoms with van der Waals surface area (Å²) in [6.07, 6.45) is 0. The minimum Gasteiger partial charge on any atom is -0.486 e. The molecule has 2 heterocycles. The van der Waals surface area contributed by atoms with Crippen LogP contribution in [0.1, 0.15) is 5.76 Å². The molecule has 100 valence electrons. The summed E-state index contributed by atoms with van der Waals surface area (Å²) in [5, 5.41) is 3.83. The third-order valence-corrected chi connectivity index (χ3v) is 3.61. The van der Waals surface area contributed by atoms with Crippen LogP contribution >= 0.6 is 34.2 Å². The van der Waals surface area contributed by atoms with Crippen LogP contribution in [-0.4, -0.2) is 13.2 Å². The highest BCUT2D eigenvalue weighted by atomic mass is 127. The van der Waals surface area contributed by atoms with Gasteiger partial charge in [-0.2, -0.15) is 0 Å². The van der Waals surface area contributed by atoms with Crippen LogP contribution in [0, 0.1) is 3.77 Å². The number of hydrogen-bond donors (Lipinski definition) is 1. The lowest BCUT2D eigenvalue weighted by Crippen LogP contribution is -2.15. The van der Waals surface area contributed by atoms with Crippen molar-refractivity contribution in [3.63, 3.8) is 0 Å². The van der Waals surface area contributed by atoms with Gasteiger partial charge in [-0.1, -0.05) is 11.6 Å². The van der Waals surface area contributed by atoms with Crippen LogP contribution in [0.2, 0.25) is 5.02 Å². The van der Waals surface area contributed by atoms with E-state index in [0.29, 0.717) is 36.3 Å². The van der Waals surface area contributed by atoms with Crippen LogP contribution in [0.3, 0.4) is 0 Å². The number of halogens is 2. The maximum Gasteiger partial charge on any atom is 0.164 e. The van der Waals surface area contributed by atoms with E-state index >= 15 is 0 Å². The maximum atomic E-state index is 6.20. The Hall–Kier alpha value is -1.08. The maximum absolute atomic E-state index is 6.20. The molecule has 0 amide bonds. The van der Waals surface area contributed by atoms with E-state index < -0.39 is 0 Å². The molecule has 1 N–H and O–H groups in total. The van der Waals surface area contributed by atoms with E-state index in [0.717, 1.165) is 15.2 Å². The topological polar surface area (TPSA) is 43.6 Å². The zero-order chi connectivity index (χ0) is 13.2. The predicted molar refractivity (Wildman–Crippen MR) is 81.2 cm³/mol. The Morgan fingerprint density at radius 3 is 2.58 bits per heavy atom. The SMILES string of the molecule is Clc1cc2c(cc1NCc1ccc(I)o1)OCCO2. The number of rotatable bonds is 3. The van der Waals surface area contributed by atoms with Crippen molar-refractivity contribution in [2.24, 2.45) is 0 Å². The Morgan fingerprint density at radius 2 is 1.89 bits per heavy atom. The van der Waals surface area contributed by atoms with E-state index in [4.69, 9.17) is 25.5 Å². The Balaban J connectivity index is 1.77. The zero-order valence-electron chi connectivity index (χ0n) is 9.91. The van der Waals surface area contributed by atoms with Gasteiger partial charge in [-0.3, -0.25) is 0 Å². The first kappa shape index (κ1) is 12.9. The van der Waals surface area contributed by atoms with Crippen LogP contribution < -0.4 is 14.8 Å². The third-order valence-electron chi connectivity index (χ3n) is 2.71. The van der Waals surface area contributed by atoms with E-state index in [2.05, 4.69) is 27.9 Å². The molecule has 0 fully saturated rings. The lowest BCUT2D eigenvalue weighted by Gasteiger charge is -2.20. The highest BCUT2D eigenvalue weighted by molar-refractivity contribution is 14.1. The molecule has 1 aromatic heterocycles. The number of fused-ring (bicyclic) bond motifs is 1. The molecule has 0 spiro atoms. The molecule has 0 unspecified atom stereocenters. The molecule has 0 aliphatic carbocycles.